The van der Waals surface area contributed by atoms with Crippen LogP contribution in [0, 0.1) is 5.92 Å². The van der Waals surface area contributed by atoms with Gasteiger partial charge in [-0.3, -0.25) is 14.6 Å². The van der Waals surface area contributed by atoms with Crippen LogP contribution < -0.4 is 0 Å². The van der Waals surface area contributed by atoms with E-state index in [1.165, 1.54) is 12.1 Å². The van der Waals surface area contributed by atoms with Crippen LogP contribution >= 0.6 is 0 Å². The molecule has 0 amide bonds. The van der Waals surface area contributed by atoms with Gasteiger partial charge in [0.25, 0.3) is 0 Å². The van der Waals surface area contributed by atoms with Crippen molar-refractivity contribution in [2.24, 2.45) is 10.9 Å². The number of alkyl halides is 3. The second-order valence-corrected chi connectivity index (χ2v) is 8.23. The first-order valence-corrected chi connectivity index (χ1v) is 10.5. The third-order valence-corrected chi connectivity index (χ3v) is 6.10. The molecule has 166 valence electrons. The van der Waals surface area contributed by atoms with Gasteiger partial charge in [-0.15, -0.1) is 0 Å². The van der Waals surface area contributed by atoms with Crippen LogP contribution in [0.4, 0.5) is 13.2 Å². The quantitative estimate of drug-likeness (QED) is 0.648. The number of ether oxygens (including phenoxy) is 2. The van der Waals surface area contributed by atoms with Crippen molar-refractivity contribution in [3.8, 4) is 0 Å². The highest BCUT2D eigenvalue weighted by Gasteiger charge is 2.44. The molecule has 2 aliphatic heterocycles. The molecule has 3 atom stereocenters. The summed E-state index contributed by atoms with van der Waals surface area (Å²) in [5, 5.41) is 0. The van der Waals surface area contributed by atoms with Crippen LogP contribution in [0.25, 0.3) is 0 Å². The van der Waals surface area contributed by atoms with Gasteiger partial charge in [0, 0.05) is 35.9 Å². The van der Waals surface area contributed by atoms with Gasteiger partial charge in [0.15, 0.2) is 5.78 Å². The minimum absolute atomic E-state index is 0.0811. The molecule has 0 aromatic heterocycles. The molecule has 1 unspecified atom stereocenters. The predicted molar refractivity (Wildman–Crippen MR) is 107 cm³/mol. The summed E-state index contributed by atoms with van der Waals surface area (Å²) in [5.74, 6) is -2.56. The average molecular weight is 435 g/mol. The number of allylic oxidation sites excluding steroid dienone is 2. The smallest absolute Gasteiger partial charge is 0.416 e. The number of hydrogen-bond acceptors (Lipinski definition) is 5. The zero-order valence-corrected chi connectivity index (χ0v) is 17.2. The van der Waals surface area contributed by atoms with Gasteiger partial charge in [-0.25, -0.2) is 0 Å². The molecular weight excluding hydrogens is 411 g/mol. The lowest BCUT2D eigenvalue weighted by atomic mass is 9.71. The molecule has 0 bridgehead atoms. The number of carbonyl (C=O) groups is 2. The SMILES string of the molecule is CC1=NC2=C(C(=O)CCC2)[C@H](c2cccc(C(F)(F)F)c2)C1C(=O)OC[C@@H]1CCCO1. The Morgan fingerprint density at radius 3 is 2.77 bits per heavy atom. The second-order valence-electron chi connectivity index (χ2n) is 8.23. The van der Waals surface area contributed by atoms with Crippen LogP contribution in [-0.4, -0.2) is 36.8 Å². The third-order valence-electron chi connectivity index (χ3n) is 6.10. The molecular formula is C23H24F3NO4. The topological polar surface area (TPSA) is 65.0 Å². The molecule has 5 nitrogen and oxygen atoms in total. The van der Waals surface area contributed by atoms with Crippen molar-refractivity contribution in [3.63, 3.8) is 0 Å². The lowest BCUT2D eigenvalue weighted by molar-refractivity contribution is -0.149. The summed E-state index contributed by atoms with van der Waals surface area (Å²) in [4.78, 5) is 30.4. The number of halogens is 3. The highest BCUT2D eigenvalue weighted by molar-refractivity contribution is 6.08. The number of nitrogens with zero attached hydrogens (tertiary/aromatic N) is 1. The van der Waals surface area contributed by atoms with Crippen molar-refractivity contribution in [2.45, 2.75) is 57.2 Å². The van der Waals surface area contributed by atoms with Crippen molar-refractivity contribution >= 4 is 17.5 Å². The second kappa shape index (κ2) is 8.57. The number of hydrogen-bond donors (Lipinski definition) is 0. The van der Waals surface area contributed by atoms with E-state index in [9.17, 15) is 22.8 Å². The lowest BCUT2D eigenvalue weighted by Gasteiger charge is -2.34. The zero-order valence-electron chi connectivity index (χ0n) is 17.2. The summed E-state index contributed by atoms with van der Waals surface area (Å²) in [6.45, 7) is 2.36. The molecule has 1 aliphatic carbocycles. The fraction of sp³-hybridized carbons (Fsp3) is 0.522. The average Bonchev–Trinajstić information content (AvgIpc) is 3.24. The van der Waals surface area contributed by atoms with Gasteiger partial charge >= 0.3 is 12.1 Å². The Kier molecular flexibility index (Phi) is 6.01. The maximum atomic E-state index is 13.4. The summed E-state index contributed by atoms with van der Waals surface area (Å²) in [5.41, 5.74) is 0.815. The van der Waals surface area contributed by atoms with Crippen LogP contribution in [-0.2, 0) is 25.2 Å². The lowest BCUT2D eigenvalue weighted by Crippen LogP contribution is -2.38. The Morgan fingerprint density at radius 2 is 2.06 bits per heavy atom. The van der Waals surface area contributed by atoms with Gasteiger partial charge in [-0.1, -0.05) is 18.2 Å². The highest BCUT2D eigenvalue weighted by Crippen LogP contribution is 2.44. The molecule has 1 aromatic carbocycles. The fourth-order valence-electron chi connectivity index (χ4n) is 4.62. The van der Waals surface area contributed by atoms with Gasteiger partial charge < -0.3 is 9.47 Å². The normalized spacial score (nSPS) is 26.5. The van der Waals surface area contributed by atoms with Gasteiger partial charge in [0.05, 0.1) is 11.7 Å². The van der Waals surface area contributed by atoms with Crippen molar-refractivity contribution in [1.29, 1.82) is 0 Å². The molecule has 31 heavy (non-hydrogen) atoms. The summed E-state index contributed by atoms with van der Waals surface area (Å²) < 4.78 is 51.1. The Morgan fingerprint density at radius 1 is 1.26 bits per heavy atom. The van der Waals surface area contributed by atoms with E-state index >= 15 is 0 Å². The van der Waals surface area contributed by atoms with Gasteiger partial charge in [-0.2, -0.15) is 13.2 Å². The first-order chi connectivity index (χ1) is 14.8. The number of carbonyl (C=O) groups excluding carboxylic acids is 2. The Bertz CT molecular complexity index is 944. The first kappa shape index (κ1) is 21.7. The molecule has 2 heterocycles. The molecule has 0 spiro atoms. The molecule has 3 aliphatic rings. The van der Waals surface area contributed by atoms with E-state index in [1.54, 1.807) is 6.92 Å². The molecule has 1 saturated heterocycles. The Labute approximate surface area is 178 Å². The van der Waals surface area contributed by atoms with Gasteiger partial charge in [0.1, 0.15) is 12.5 Å². The summed E-state index contributed by atoms with van der Waals surface area (Å²) in [7, 11) is 0. The highest BCUT2D eigenvalue weighted by atomic mass is 19.4. The van der Waals surface area contributed by atoms with Crippen LogP contribution in [0.1, 0.15) is 56.1 Å². The number of ketones is 1. The predicted octanol–water partition coefficient (Wildman–Crippen LogP) is 4.61. The monoisotopic (exact) mass is 435 g/mol. The van der Waals surface area contributed by atoms with Gasteiger partial charge in [0.2, 0.25) is 0 Å². The Balaban J connectivity index is 1.72. The molecule has 0 saturated carbocycles. The van der Waals surface area contributed by atoms with E-state index in [2.05, 4.69) is 4.99 Å². The molecule has 8 heteroatoms. The van der Waals surface area contributed by atoms with Crippen molar-refractivity contribution < 1.29 is 32.2 Å². The van der Waals surface area contributed by atoms with Crippen molar-refractivity contribution in [1.82, 2.24) is 0 Å². The number of rotatable bonds is 4. The first-order valence-electron chi connectivity index (χ1n) is 10.5. The Hall–Kier alpha value is -2.48. The van der Waals surface area contributed by atoms with E-state index < -0.39 is 29.5 Å². The maximum absolute atomic E-state index is 13.4. The maximum Gasteiger partial charge on any atom is 0.416 e. The van der Waals surface area contributed by atoms with E-state index in [4.69, 9.17) is 9.47 Å². The van der Waals surface area contributed by atoms with Crippen LogP contribution in [0.2, 0.25) is 0 Å². The fourth-order valence-corrected chi connectivity index (χ4v) is 4.62. The van der Waals surface area contributed by atoms with E-state index in [1.807, 2.05) is 0 Å². The van der Waals surface area contributed by atoms with E-state index in [-0.39, 0.29) is 24.1 Å². The molecule has 0 radical (unpaired) electrons. The number of benzene rings is 1. The van der Waals surface area contributed by atoms with E-state index in [0.717, 1.165) is 25.0 Å². The van der Waals surface area contributed by atoms with E-state index in [0.29, 0.717) is 42.9 Å². The van der Waals surface area contributed by atoms with Crippen molar-refractivity contribution in [3.05, 3.63) is 46.7 Å². The summed E-state index contributed by atoms with van der Waals surface area (Å²) in [6.07, 6.45) is -1.54. The van der Waals surface area contributed by atoms with Crippen molar-refractivity contribution in [2.75, 3.05) is 13.2 Å². The number of aliphatic imine (C=N–C) groups is 1. The minimum atomic E-state index is -4.53. The molecule has 1 fully saturated rings. The number of esters is 1. The van der Waals surface area contributed by atoms with Crippen LogP contribution in [0.3, 0.4) is 0 Å². The standard InChI is InChI=1S/C23H24F3NO4/c1-13-19(22(29)31-12-16-7-4-10-30-16)20(21-17(27-13)8-3-9-18(21)28)14-5-2-6-15(11-14)23(24,25)26/h2,5-6,11,16,19-20H,3-4,7-10,12H2,1H3/t16-,19?,20+/m0/s1. The van der Waals surface area contributed by atoms with Gasteiger partial charge in [-0.05, 0) is 44.2 Å². The molecule has 1 aromatic rings. The molecule has 0 N–H and O–H groups in total. The zero-order chi connectivity index (χ0) is 22.2. The largest absolute Gasteiger partial charge is 0.462 e. The molecule has 4 rings (SSSR count). The summed E-state index contributed by atoms with van der Waals surface area (Å²) in [6, 6.07) is 4.85. The van der Waals surface area contributed by atoms with Crippen LogP contribution in [0.5, 0.6) is 0 Å². The number of Topliss-reactive ketones (excluding diaryl/α,β-unsaturated/α-hetero) is 1. The van der Waals surface area contributed by atoms with Crippen LogP contribution in [0.15, 0.2) is 40.5 Å². The third kappa shape index (κ3) is 4.44. The summed E-state index contributed by atoms with van der Waals surface area (Å²) >= 11 is 0. The minimum Gasteiger partial charge on any atom is -0.462 e.